The summed E-state index contributed by atoms with van der Waals surface area (Å²) >= 11 is 0. The number of hydrogen-bond donors (Lipinski definition) is 2. The zero-order chi connectivity index (χ0) is 20.5. The monoisotopic (exact) mass is 403 g/mol. The molecule has 0 saturated heterocycles. The Morgan fingerprint density at radius 3 is 2.87 bits per heavy atom. The van der Waals surface area contributed by atoms with Crippen molar-refractivity contribution in [2.75, 3.05) is 18.5 Å². The van der Waals surface area contributed by atoms with Gasteiger partial charge in [0.05, 0.1) is 30.3 Å². The van der Waals surface area contributed by atoms with Gasteiger partial charge in [0.15, 0.2) is 17.1 Å². The van der Waals surface area contributed by atoms with Crippen LogP contribution in [0.2, 0.25) is 0 Å². The summed E-state index contributed by atoms with van der Waals surface area (Å²) in [5, 5.41) is 7.57. The van der Waals surface area contributed by atoms with Crippen molar-refractivity contribution in [2.24, 2.45) is 0 Å². The highest BCUT2D eigenvalue weighted by Gasteiger charge is 2.16. The van der Waals surface area contributed by atoms with Crippen molar-refractivity contribution >= 4 is 22.6 Å². The van der Waals surface area contributed by atoms with E-state index >= 15 is 0 Å². The van der Waals surface area contributed by atoms with Gasteiger partial charge in [-0.25, -0.2) is 9.67 Å². The molecule has 0 bridgehead atoms. The van der Waals surface area contributed by atoms with E-state index in [-0.39, 0.29) is 17.9 Å². The van der Waals surface area contributed by atoms with E-state index < -0.39 is 0 Å². The van der Waals surface area contributed by atoms with Gasteiger partial charge in [-0.15, -0.1) is 0 Å². The van der Waals surface area contributed by atoms with E-state index in [1.807, 2.05) is 30.3 Å². The zero-order valence-corrected chi connectivity index (χ0v) is 15.8. The lowest BCUT2D eigenvalue weighted by Crippen LogP contribution is -2.18. The van der Waals surface area contributed by atoms with Crippen molar-refractivity contribution < 1.29 is 14.3 Å². The molecule has 2 aromatic carbocycles. The molecule has 0 aliphatic carbocycles. The van der Waals surface area contributed by atoms with Crippen LogP contribution in [0.3, 0.4) is 0 Å². The molecule has 150 valence electrons. The molecule has 5 rings (SSSR count). The number of H-pyrrole nitrogens is 1. The average molecular weight is 403 g/mol. The molecule has 4 aromatic rings. The van der Waals surface area contributed by atoms with Gasteiger partial charge in [0.25, 0.3) is 5.56 Å². The van der Waals surface area contributed by atoms with Crippen molar-refractivity contribution in [3.63, 3.8) is 0 Å². The van der Waals surface area contributed by atoms with Gasteiger partial charge in [-0.1, -0.05) is 18.2 Å². The number of aromatic amines is 1. The highest BCUT2D eigenvalue weighted by Crippen LogP contribution is 2.31. The number of para-hydroxylation sites is 2. The smallest absolute Gasteiger partial charge is 0.261 e. The second kappa shape index (κ2) is 7.36. The van der Waals surface area contributed by atoms with Crippen LogP contribution >= 0.6 is 0 Å². The van der Waals surface area contributed by atoms with Gasteiger partial charge in [0.2, 0.25) is 5.91 Å². The maximum atomic E-state index is 12.7. The molecule has 1 aliphatic heterocycles. The third-order valence-corrected chi connectivity index (χ3v) is 4.75. The van der Waals surface area contributed by atoms with Crippen LogP contribution in [0.25, 0.3) is 16.7 Å². The van der Waals surface area contributed by atoms with E-state index in [9.17, 15) is 9.59 Å². The summed E-state index contributed by atoms with van der Waals surface area (Å²) < 4.78 is 12.6. The first-order valence-electron chi connectivity index (χ1n) is 9.38. The fourth-order valence-corrected chi connectivity index (χ4v) is 3.37. The van der Waals surface area contributed by atoms with Crippen LogP contribution in [0.15, 0.2) is 59.8 Å². The summed E-state index contributed by atoms with van der Waals surface area (Å²) in [5.41, 5.74) is 2.12. The molecule has 2 N–H and O–H groups in total. The highest BCUT2D eigenvalue weighted by molar-refractivity contribution is 5.94. The second-order valence-corrected chi connectivity index (χ2v) is 6.75. The van der Waals surface area contributed by atoms with Gasteiger partial charge in [-0.2, -0.15) is 5.10 Å². The van der Waals surface area contributed by atoms with Gasteiger partial charge in [-0.3, -0.25) is 9.59 Å². The Balaban J connectivity index is 1.41. The maximum absolute atomic E-state index is 12.7. The number of ether oxygens (including phenoxy) is 2. The van der Waals surface area contributed by atoms with Gasteiger partial charge in [0, 0.05) is 0 Å². The number of aromatic nitrogens is 4. The SMILES string of the molecule is O=C(Cc1ccc2c(c1)OCCO2)Nc1ccccc1-n1ncc2c(=O)[nH]cnc21. The van der Waals surface area contributed by atoms with Crippen molar-refractivity contribution in [1.29, 1.82) is 0 Å². The number of benzene rings is 2. The fraction of sp³-hybridized carbons (Fsp3) is 0.143. The Kier molecular flexibility index (Phi) is 4.40. The van der Waals surface area contributed by atoms with E-state index in [1.165, 1.54) is 17.2 Å². The van der Waals surface area contributed by atoms with Crippen molar-refractivity contribution in [3.8, 4) is 17.2 Å². The summed E-state index contributed by atoms with van der Waals surface area (Å²) in [6, 6.07) is 12.7. The molecule has 0 unspecified atom stereocenters. The third kappa shape index (κ3) is 3.26. The van der Waals surface area contributed by atoms with Gasteiger partial charge in [-0.05, 0) is 29.8 Å². The predicted octanol–water partition coefficient (Wildman–Crippen LogP) is 2.06. The lowest BCUT2D eigenvalue weighted by molar-refractivity contribution is -0.115. The summed E-state index contributed by atoms with van der Waals surface area (Å²) in [6.07, 6.45) is 2.95. The Labute approximate surface area is 170 Å². The number of carbonyl (C=O) groups is 1. The summed E-state index contributed by atoms with van der Waals surface area (Å²) in [4.78, 5) is 31.4. The molecule has 0 atom stereocenters. The normalized spacial score (nSPS) is 12.7. The number of nitrogens with one attached hydrogen (secondary N) is 2. The predicted molar refractivity (Wildman–Crippen MR) is 109 cm³/mol. The summed E-state index contributed by atoms with van der Waals surface area (Å²) in [5.74, 6) is 1.14. The molecular formula is C21H17N5O4. The van der Waals surface area contributed by atoms with Crippen LogP contribution < -0.4 is 20.3 Å². The average Bonchev–Trinajstić information content (AvgIpc) is 3.19. The molecule has 2 aromatic heterocycles. The minimum atomic E-state index is -0.272. The lowest BCUT2D eigenvalue weighted by atomic mass is 10.1. The molecule has 9 nitrogen and oxygen atoms in total. The van der Waals surface area contributed by atoms with Crippen molar-refractivity contribution in [1.82, 2.24) is 19.7 Å². The van der Waals surface area contributed by atoms with E-state index in [4.69, 9.17) is 9.47 Å². The van der Waals surface area contributed by atoms with Gasteiger partial charge in [0.1, 0.15) is 18.6 Å². The molecule has 30 heavy (non-hydrogen) atoms. The molecule has 1 aliphatic rings. The van der Waals surface area contributed by atoms with Crippen LogP contribution in [0.5, 0.6) is 11.5 Å². The van der Waals surface area contributed by atoms with E-state index in [1.54, 1.807) is 12.1 Å². The molecule has 9 heteroatoms. The van der Waals surface area contributed by atoms with Crippen LogP contribution in [0, 0.1) is 0 Å². The van der Waals surface area contributed by atoms with Crippen molar-refractivity contribution in [3.05, 3.63) is 70.9 Å². The molecule has 0 fully saturated rings. The Morgan fingerprint density at radius 1 is 1.13 bits per heavy atom. The molecular weight excluding hydrogens is 386 g/mol. The Hall–Kier alpha value is -4.14. The number of fused-ring (bicyclic) bond motifs is 2. The highest BCUT2D eigenvalue weighted by atomic mass is 16.6. The number of carbonyl (C=O) groups excluding carboxylic acids is 1. The first-order chi connectivity index (χ1) is 14.7. The Morgan fingerprint density at radius 2 is 1.97 bits per heavy atom. The quantitative estimate of drug-likeness (QED) is 0.540. The minimum absolute atomic E-state index is 0.169. The van der Waals surface area contributed by atoms with Crippen LogP contribution in [-0.2, 0) is 11.2 Å². The number of anilines is 1. The van der Waals surface area contributed by atoms with Crippen molar-refractivity contribution in [2.45, 2.75) is 6.42 Å². The lowest BCUT2D eigenvalue weighted by Gasteiger charge is -2.18. The second-order valence-electron chi connectivity index (χ2n) is 6.75. The third-order valence-electron chi connectivity index (χ3n) is 4.75. The number of rotatable bonds is 4. The Bertz CT molecular complexity index is 1310. The number of amides is 1. The van der Waals surface area contributed by atoms with Gasteiger partial charge >= 0.3 is 0 Å². The zero-order valence-electron chi connectivity index (χ0n) is 15.8. The van der Waals surface area contributed by atoms with Crippen LogP contribution in [0.1, 0.15) is 5.56 Å². The first-order valence-corrected chi connectivity index (χ1v) is 9.38. The molecule has 0 radical (unpaired) electrons. The van der Waals surface area contributed by atoms with E-state index in [0.717, 1.165) is 5.56 Å². The fourth-order valence-electron chi connectivity index (χ4n) is 3.37. The number of hydrogen-bond acceptors (Lipinski definition) is 6. The molecule has 0 spiro atoms. The van der Waals surface area contributed by atoms with E-state index in [0.29, 0.717) is 47.1 Å². The summed E-state index contributed by atoms with van der Waals surface area (Å²) in [7, 11) is 0. The largest absolute Gasteiger partial charge is 0.486 e. The molecule has 1 amide bonds. The van der Waals surface area contributed by atoms with E-state index in [2.05, 4.69) is 20.4 Å². The number of nitrogens with zero attached hydrogens (tertiary/aromatic N) is 3. The molecule has 3 heterocycles. The van der Waals surface area contributed by atoms with Gasteiger partial charge < -0.3 is 19.8 Å². The standard InChI is InChI=1S/C21H17N5O4/c27-19(10-13-5-6-17-18(9-13)30-8-7-29-17)25-15-3-1-2-4-16(15)26-20-14(11-24-26)21(28)23-12-22-20/h1-6,9,11-12H,7-8,10H2,(H,25,27)(H,22,23,28). The molecule has 0 saturated carbocycles. The first kappa shape index (κ1) is 17.9. The topological polar surface area (TPSA) is 111 Å². The van der Waals surface area contributed by atoms with Crippen LogP contribution in [-0.4, -0.2) is 38.9 Å². The summed E-state index contributed by atoms with van der Waals surface area (Å²) in [6.45, 7) is 1.01. The van der Waals surface area contributed by atoms with Crippen LogP contribution in [0.4, 0.5) is 5.69 Å². The maximum Gasteiger partial charge on any atom is 0.261 e. The minimum Gasteiger partial charge on any atom is -0.486 e.